The van der Waals surface area contributed by atoms with Crippen LogP contribution in [-0.2, 0) is 29.1 Å². The number of aromatic nitrogens is 2. The molecule has 0 spiro atoms. The fourth-order valence-electron chi connectivity index (χ4n) is 5.69. The molecule has 4 N–H and O–H groups in total. The lowest BCUT2D eigenvalue weighted by Gasteiger charge is -2.45. The van der Waals surface area contributed by atoms with Crippen molar-refractivity contribution in [3.8, 4) is 11.5 Å². The molecule has 2 atom stereocenters. The number of carbonyl (C=O) groups is 3. The first-order valence-electron chi connectivity index (χ1n) is 14.0. The summed E-state index contributed by atoms with van der Waals surface area (Å²) >= 11 is 1.38. The van der Waals surface area contributed by atoms with Gasteiger partial charge in [-0.1, -0.05) is 35.6 Å². The molecule has 2 saturated heterocycles. The number of aromatic hydroxyl groups is 1. The minimum atomic E-state index is -0.862. The topological polar surface area (TPSA) is 157 Å². The second kappa shape index (κ2) is 12.0. The average Bonchev–Trinajstić information content (AvgIpc) is 3.57. The highest BCUT2D eigenvalue weighted by molar-refractivity contribution is 7.22. The van der Waals surface area contributed by atoms with Crippen molar-refractivity contribution in [3.05, 3.63) is 77.6 Å². The fraction of sp³-hybridized carbons (Fsp3) is 0.300. The van der Waals surface area contributed by atoms with Gasteiger partial charge in [0, 0.05) is 32.3 Å². The van der Waals surface area contributed by atoms with Crippen molar-refractivity contribution in [2.24, 2.45) is 0 Å². The van der Waals surface area contributed by atoms with E-state index in [4.69, 9.17) is 10.5 Å². The molecule has 2 fully saturated rings. The monoisotopic (exact) mass is 616 g/mol. The van der Waals surface area contributed by atoms with Crippen LogP contribution in [0.4, 0.5) is 9.93 Å². The van der Waals surface area contributed by atoms with Gasteiger partial charge in [-0.3, -0.25) is 19.6 Å². The zero-order valence-corrected chi connectivity index (χ0v) is 25.0. The van der Waals surface area contributed by atoms with Crippen molar-refractivity contribution in [3.63, 3.8) is 0 Å². The molecule has 0 aliphatic carbocycles. The molecule has 14 heteroatoms. The van der Waals surface area contributed by atoms with E-state index in [9.17, 15) is 19.5 Å². The molecule has 2 aromatic heterocycles. The highest BCUT2D eigenvalue weighted by Gasteiger charge is 2.51. The summed E-state index contributed by atoms with van der Waals surface area (Å²) in [6, 6.07) is 15.0. The SMILES string of the molecule is COc1ccc(CNC(=O)N(C)N2CC(=O)N3[C@@H](Cc4ccc(O)cn4)C(=O)N(Cc4cccc5sc(N)nc45)C[C@@H]32)cc1. The van der Waals surface area contributed by atoms with Crippen LogP contribution in [0.25, 0.3) is 10.2 Å². The first kappa shape index (κ1) is 29.1. The molecular formula is C30H32N8O5S. The molecule has 228 valence electrons. The maximum atomic E-state index is 14.0. The summed E-state index contributed by atoms with van der Waals surface area (Å²) in [5.74, 6) is 0.217. The Kier molecular flexibility index (Phi) is 7.93. The molecule has 0 unspecified atom stereocenters. The van der Waals surface area contributed by atoms with Gasteiger partial charge < -0.3 is 30.7 Å². The summed E-state index contributed by atoms with van der Waals surface area (Å²) in [6.07, 6.45) is 0.857. The maximum Gasteiger partial charge on any atom is 0.332 e. The van der Waals surface area contributed by atoms with Crippen molar-refractivity contribution in [1.29, 1.82) is 0 Å². The Balaban J connectivity index is 1.26. The molecule has 2 aromatic carbocycles. The van der Waals surface area contributed by atoms with Crippen LogP contribution in [0.15, 0.2) is 60.8 Å². The summed E-state index contributed by atoms with van der Waals surface area (Å²) in [6.45, 7) is 0.634. The van der Waals surface area contributed by atoms with E-state index in [2.05, 4.69) is 15.3 Å². The number of piperazine rings is 1. The number of amides is 4. The Labute approximate surface area is 257 Å². The predicted octanol–water partition coefficient (Wildman–Crippen LogP) is 2.17. The number of anilines is 1. The van der Waals surface area contributed by atoms with E-state index in [1.54, 1.807) is 35.0 Å². The average molecular weight is 617 g/mol. The number of carbonyl (C=O) groups excluding carboxylic acids is 3. The number of nitrogens with two attached hydrogens (primary N) is 1. The Hall–Kier alpha value is -4.95. The van der Waals surface area contributed by atoms with Gasteiger partial charge in [0.1, 0.15) is 23.7 Å². The minimum Gasteiger partial charge on any atom is -0.506 e. The minimum absolute atomic E-state index is 0.00422. The van der Waals surface area contributed by atoms with Crippen molar-refractivity contribution < 1.29 is 24.2 Å². The van der Waals surface area contributed by atoms with Gasteiger partial charge in [-0.15, -0.1) is 0 Å². The molecule has 0 radical (unpaired) electrons. The van der Waals surface area contributed by atoms with Crippen LogP contribution in [0.5, 0.6) is 11.5 Å². The predicted molar refractivity (Wildman–Crippen MR) is 163 cm³/mol. The van der Waals surface area contributed by atoms with Gasteiger partial charge in [-0.2, -0.15) is 5.01 Å². The van der Waals surface area contributed by atoms with Crippen molar-refractivity contribution >= 4 is 44.5 Å². The zero-order chi connectivity index (χ0) is 31.0. The Morgan fingerprint density at radius 1 is 1.18 bits per heavy atom. The van der Waals surface area contributed by atoms with Crippen molar-refractivity contribution in [2.75, 3.05) is 33.0 Å². The number of nitrogens with zero attached hydrogens (tertiary/aromatic N) is 6. The molecule has 2 aliphatic heterocycles. The fourth-order valence-corrected chi connectivity index (χ4v) is 6.48. The van der Waals surface area contributed by atoms with Gasteiger partial charge in [0.25, 0.3) is 0 Å². The lowest BCUT2D eigenvalue weighted by Crippen LogP contribution is -2.65. The standard InChI is InChI=1S/C30H32N8O5S/c1-35(30(42)33-13-18-6-10-22(43-2)11-7-18)37-17-26(40)38-23(12-20-8-9-21(39)14-32-20)28(41)36(16-25(37)38)15-19-4-3-5-24-27(19)34-29(31)44-24/h3-11,14,23,25,39H,12-13,15-17H2,1-2H3,(H2,31,34)(H,33,42)/t23-,25+/m0/s1. The number of nitrogen functional groups attached to an aromatic ring is 1. The molecule has 2 aliphatic rings. The van der Waals surface area contributed by atoms with Gasteiger partial charge in [0.05, 0.1) is 36.6 Å². The summed E-state index contributed by atoms with van der Waals surface area (Å²) in [5.41, 5.74) is 8.98. The quantitative estimate of drug-likeness (QED) is 0.270. The number of hydrogen-bond donors (Lipinski definition) is 3. The molecule has 4 amide bonds. The molecule has 4 aromatic rings. The van der Waals surface area contributed by atoms with E-state index in [0.717, 1.165) is 27.1 Å². The third kappa shape index (κ3) is 5.68. The zero-order valence-electron chi connectivity index (χ0n) is 24.2. The number of hydrazine groups is 1. The second-order valence-corrected chi connectivity index (χ2v) is 11.7. The van der Waals surface area contributed by atoms with Gasteiger partial charge >= 0.3 is 6.03 Å². The molecule has 0 bridgehead atoms. The molecule has 0 saturated carbocycles. The molecular weight excluding hydrogens is 584 g/mol. The van der Waals surface area contributed by atoms with Crippen LogP contribution >= 0.6 is 11.3 Å². The first-order valence-corrected chi connectivity index (χ1v) is 14.8. The summed E-state index contributed by atoms with van der Waals surface area (Å²) in [4.78, 5) is 52.8. The van der Waals surface area contributed by atoms with Crippen LogP contribution in [0, 0.1) is 0 Å². The van der Waals surface area contributed by atoms with Gasteiger partial charge in [0.15, 0.2) is 5.13 Å². The Morgan fingerprint density at radius 2 is 1.98 bits per heavy atom. The number of hydrogen-bond acceptors (Lipinski definition) is 10. The van der Waals surface area contributed by atoms with E-state index >= 15 is 0 Å². The molecule has 13 nitrogen and oxygen atoms in total. The number of para-hydroxylation sites is 1. The largest absolute Gasteiger partial charge is 0.506 e. The number of benzene rings is 2. The van der Waals surface area contributed by atoms with E-state index < -0.39 is 18.2 Å². The molecule has 4 heterocycles. The number of ether oxygens (including phenoxy) is 1. The Morgan fingerprint density at radius 3 is 2.70 bits per heavy atom. The molecule has 44 heavy (non-hydrogen) atoms. The number of nitrogens with one attached hydrogen (secondary N) is 1. The third-order valence-electron chi connectivity index (χ3n) is 7.94. The lowest BCUT2D eigenvalue weighted by molar-refractivity contribution is -0.157. The number of methoxy groups -OCH3 is 1. The Bertz CT molecular complexity index is 1700. The highest BCUT2D eigenvalue weighted by Crippen LogP contribution is 2.32. The van der Waals surface area contributed by atoms with E-state index in [1.165, 1.54) is 28.6 Å². The number of thiazole rings is 1. The normalized spacial score (nSPS) is 18.5. The summed E-state index contributed by atoms with van der Waals surface area (Å²) in [7, 11) is 3.20. The lowest BCUT2D eigenvalue weighted by atomic mass is 10.0. The number of pyridine rings is 1. The highest BCUT2D eigenvalue weighted by atomic mass is 32.1. The van der Waals surface area contributed by atoms with E-state index in [1.807, 2.05) is 42.5 Å². The van der Waals surface area contributed by atoms with Crippen molar-refractivity contribution in [1.82, 2.24) is 35.1 Å². The summed E-state index contributed by atoms with van der Waals surface area (Å²) in [5, 5.41) is 16.1. The summed E-state index contributed by atoms with van der Waals surface area (Å²) < 4.78 is 6.12. The van der Waals surface area contributed by atoms with Crippen LogP contribution in [-0.4, -0.2) is 92.2 Å². The van der Waals surface area contributed by atoms with Crippen molar-refractivity contribution in [2.45, 2.75) is 31.7 Å². The van der Waals surface area contributed by atoms with Gasteiger partial charge in [-0.05, 0) is 41.5 Å². The van der Waals surface area contributed by atoms with E-state index in [0.29, 0.717) is 10.8 Å². The van der Waals surface area contributed by atoms with Crippen LogP contribution in [0.1, 0.15) is 16.8 Å². The van der Waals surface area contributed by atoms with E-state index in [-0.39, 0.29) is 50.2 Å². The number of rotatable bonds is 8. The first-order chi connectivity index (χ1) is 21.2. The van der Waals surface area contributed by atoms with Gasteiger partial charge in [0.2, 0.25) is 11.8 Å². The van der Waals surface area contributed by atoms with Gasteiger partial charge in [-0.25, -0.2) is 9.78 Å². The molecule has 6 rings (SSSR count). The van der Waals surface area contributed by atoms with Crippen LogP contribution in [0.3, 0.4) is 0 Å². The van der Waals surface area contributed by atoms with Crippen LogP contribution in [0.2, 0.25) is 0 Å². The van der Waals surface area contributed by atoms with Crippen LogP contribution < -0.4 is 15.8 Å². The smallest absolute Gasteiger partial charge is 0.332 e. The maximum absolute atomic E-state index is 14.0. The second-order valence-electron chi connectivity index (χ2n) is 10.7. The number of fused-ring (bicyclic) bond motifs is 2. The third-order valence-corrected chi connectivity index (χ3v) is 8.79. The number of urea groups is 1.